The Bertz CT molecular complexity index is 190. The van der Waals surface area contributed by atoms with Crippen LogP contribution < -0.4 is 0 Å². The highest BCUT2D eigenvalue weighted by atomic mass is 28.4. The van der Waals surface area contributed by atoms with E-state index in [0.717, 1.165) is 0 Å². The van der Waals surface area contributed by atoms with Gasteiger partial charge >= 0.3 is 8.56 Å². The van der Waals surface area contributed by atoms with E-state index in [1.165, 1.54) is 0 Å². The third-order valence-corrected chi connectivity index (χ3v) is 11.1. The van der Waals surface area contributed by atoms with Crippen LogP contribution in [0, 0.1) is 0 Å². The molecule has 0 amide bonds. The summed E-state index contributed by atoms with van der Waals surface area (Å²) in [5.41, 5.74) is 3.97. The lowest BCUT2D eigenvalue weighted by Gasteiger charge is -2.32. The van der Waals surface area contributed by atoms with Crippen molar-refractivity contribution in [3.05, 3.63) is 24.6 Å². The van der Waals surface area contributed by atoms with Gasteiger partial charge in [0, 0.05) is 27.0 Å². The largest absolute Gasteiger partial charge is 0.414 e. The fraction of sp³-hybridized carbons (Fsp3) is 0.556. The fourth-order valence-electron chi connectivity index (χ4n) is 1.30. The second-order valence-corrected chi connectivity index (χ2v) is 10.8. The molecule has 0 saturated carbocycles. The molecule has 15 heavy (non-hydrogen) atoms. The van der Waals surface area contributed by atoms with Gasteiger partial charge < -0.3 is 18.4 Å². The third-order valence-electron chi connectivity index (χ3n) is 2.59. The van der Waals surface area contributed by atoms with Gasteiger partial charge in [0.15, 0.2) is 0 Å². The van der Waals surface area contributed by atoms with E-state index in [0.29, 0.717) is 5.67 Å². The van der Waals surface area contributed by atoms with Crippen LogP contribution >= 0.6 is 0 Å². The summed E-state index contributed by atoms with van der Waals surface area (Å²) >= 11 is 0. The van der Waals surface area contributed by atoms with Gasteiger partial charge in [-0.2, -0.15) is 0 Å². The molecule has 0 aliphatic rings. The first kappa shape index (κ1) is 14.8. The van der Waals surface area contributed by atoms with Gasteiger partial charge in [-0.15, -0.1) is 13.2 Å². The van der Waals surface area contributed by atoms with Crippen molar-refractivity contribution in [3.8, 4) is 0 Å². The van der Waals surface area contributed by atoms with Crippen molar-refractivity contribution in [2.75, 3.05) is 27.6 Å². The van der Waals surface area contributed by atoms with E-state index in [4.69, 9.17) is 13.3 Å². The molecule has 0 fully saturated rings. The summed E-state index contributed by atoms with van der Waals surface area (Å²) < 4.78 is 16.2. The molecular weight excluding hydrogens is 228 g/mol. The molecule has 0 heterocycles. The van der Waals surface area contributed by atoms with Crippen LogP contribution in [-0.2, 0) is 13.3 Å². The van der Waals surface area contributed by atoms with Crippen molar-refractivity contribution in [1.29, 1.82) is 0 Å². The van der Waals surface area contributed by atoms with Crippen molar-refractivity contribution in [1.82, 2.24) is 0 Å². The predicted molar refractivity (Wildman–Crippen MR) is 64.8 cm³/mol. The van der Waals surface area contributed by atoms with E-state index in [2.05, 4.69) is 13.2 Å². The molecule has 6 heteroatoms. The van der Waals surface area contributed by atoms with Crippen LogP contribution in [-0.4, -0.2) is 49.5 Å². The molecule has 0 aliphatic carbocycles. The van der Waals surface area contributed by atoms with Crippen LogP contribution in [0.1, 0.15) is 0 Å². The molecule has 0 spiro atoms. The molecule has 1 atom stereocenters. The van der Waals surface area contributed by atoms with Gasteiger partial charge in [-0.25, -0.2) is 0 Å². The average Bonchev–Trinajstić information content (AvgIpc) is 2.33. The molecule has 0 aliphatic heterocycles. The minimum Gasteiger partial charge on any atom is -0.414 e. The van der Waals surface area contributed by atoms with Crippen molar-refractivity contribution >= 4 is 16.9 Å². The maximum absolute atomic E-state index is 9.37. The second kappa shape index (κ2) is 6.36. The lowest BCUT2D eigenvalue weighted by atomic mass is 11.3. The maximum Gasteiger partial charge on any atom is 0.363 e. The second-order valence-electron chi connectivity index (χ2n) is 3.23. The number of hydrogen-bond donors (Lipinski definition) is 1. The van der Waals surface area contributed by atoms with Gasteiger partial charge in [0.2, 0.25) is 8.32 Å². The summed E-state index contributed by atoms with van der Waals surface area (Å²) in [6, 6.07) is 0. The van der Waals surface area contributed by atoms with Crippen molar-refractivity contribution < 1.29 is 18.4 Å². The van der Waals surface area contributed by atoms with Crippen LogP contribution in [0.4, 0.5) is 0 Å². The molecule has 88 valence electrons. The Morgan fingerprint density at radius 2 is 1.60 bits per heavy atom. The molecule has 0 aromatic carbocycles. The molecular formula is C9H20O4Si2. The van der Waals surface area contributed by atoms with E-state index in [1.807, 2.05) is 0 Å². The minimum atomic E-state index is -2.45. The third kappa shape index (κ3) is 3.37. The Kier molecular flexibility index (Phi) is 6.26. The summed E-state index contributed by atoms with van der Waals surface area (Å²) in [7, 11) is -0.0412. The van der Waals surface area contributed by atoms with Crippen LogP contribution in [0.15, 0.2) is 24.6 Å². The Morgan fingerprint density at radius 1 is 1.07 bits per heavy atom. The number of rotatable bonds is 8. The molecule has 0 aromatic heterocycles. The first-order valence-electron chi connectivity index (χ1n) is 4.61. The highest BCUT2D eigenvalue weighted by Gasteiger charge is 2.44. The SMILES string of the molecule is C=C[Si](CO)(C[Si](C=C)(OC)OC)OC. The van der Waals surface area contributed by atoms with Crippen molar-refractivity contribution in [3.63, 3.8) is 0 Å². The summed E-state index contributed by atoms with van der Waals surface area (Å²) in [6.07, 6.45) is -0.0255. The molecule has 0 rings (SSSR count). The molecule has 0 radical (unpaired) electrons. The zero-order valence-corrected chi connectivity index (χ0v) is 11.7. The first-order chi connectivity index (χ1) is 7.07. The maximum atomic E-state index is 9.37. The van der Waals surface area contributed by atoms with Gasteiger partial charge in [-0.3, -0.25) is 0 Å². The monoisotopic (exact) mass is 248 g/mol. The summed E-state index contributed by atoms with van der Waals surface area (Å²) in [6.45, 7) is 7.44. The zero-order chi connectivity index (χ0) is 11.9. The Balaban J connectivity index is 4.90. The van der Waals surface area contributed by atoms with Gasteiger partial charge in [0.25, 0.3) is 0 Å². The minimum absolute atomic E-state index is 0.0255. The normalized spacial score (nSPS) is 15.7. The van der Waals surface area contributed by atoms with E-state index in [1.54, 1.807) is 32.7 Å². The summed E-state index contributed by atoms with van der Waals surface area (Å²) in [5.74, 6) is 0. The first-order valence-corrected chi connectivity index (χ1v) is 9.11. The Labute approximate surface area is 93.5 Å². The number of aliphatic hydroxyl groups is 1. The topological polar surface area (TPSA) is 47.9 Å². The van der Waals surface area contributed by atoms with Gasteiger partial charge in [-0.1, -0.05) is 5.70 Å². The predicted octanol–water partition coefficient (Wildman–Crippen LogP) is 0.834. The lowest BCUT2D eigenvalue weighted by Crippen LogP contribution is -2.52. The molecule has 1 N–H and O–H groups in total. The highest BCUT2D eigenvalue weighted by molar-refractivity contribution is 6.93. The number of aliphatic hydroxyl groups excluding tert-OH is 1. The molecule has 1 unspecified atom stereocenters. The van der Waals surface area contributed by atoms with Crippen LogP contribution in [0.2, 0.25) is 5.67 Å². The average molecular weight is 248 g/mol. The van der Waals surface area contributed by atoms with Crippen LogP contribution in [0.5, 0.6) is 0 Å². The summed E-state index contributed by atoms with van der Waals surface area (Å²) in [5, 5.41) is 9.37. The van der Waals surface area contributed by atoms with Crippen molar-refractivity contribution in [2.24, 2.45) is 0 Å². The van der Waals surface area contributed by atoms with E-state index in [-0.39, 0.29) is 6.23 Å². The van der Waals surface area contributed by atoms with Gasteiger partial charge in [0.05, 0.1) is 6.23 Å². The Hall–Kier alpha value is -0.246. The quantitative estimate of drug-likeness (QED) is 0.647. The molecule has 0 aromatic rings. The molecule has 0 bridgehead atoms. The highest BCUT2D eigenvalue weighted by Crippen LogP contribution is 2.22. The Morgan fingerprint density at radius 3 is 1.80 bits per heavy atom. The lowest BCUT2D eigenvalue weighted by molar-refractivity contribution is 0.253. The fourth-order valence-corrected chi connectivity index (χ4v) is 8.89. The van der Waals surface area contributed by atoms with Crippen LogP contribution in [0.25, 0.3) is 0 Å². The zero-order valence-electron chi connectivity index (χ0n) is 9.66. The standard InChI is InChI=1S/C9H20O4Si2/c1-6-14(8-10,11-3)9-15(7-2,12-4)13-5/h6-7,10H,1-2,8-9H2,3-5H3. The van der Waals surface area contributed by atoms with Gasteiger partial charge in [0.1, 0.15) is 0 Å². The molecule has 4 nitrogen and oxygen atoms in total. The van der Waals surface area contributed by atoms with E-state index >= 15 is 0 Å². The summed E-state index contributed by atoms with van der Waals surface area (Å²) in [4.78, 5) is 0. The van der Waals surface area contributed by atoms with Gasteiger partial charge in [-0.05, 0) is 5.70 Å². The van der Waals surface area contributed by atoms with E-state index in [9.17, 15) is 5.11 Å². The number of hydrogen-bond acceptors (Lipinski definition) is 4. The van der Waals surface area contributed by atoms with E-state index < -0.39 is 16.9 Å². The molecule has 0 saturated heterocycles. The smallest absolute Gasteiger partial charge is 0.363 e. The van der Waals surface area contributed by atoms with Crippen molar-refractivity contribution in [2.45, 2.75) is 5.67 Å². The van der Waals surface area contributed by atoms with Crippen LogP contribution in [0.3, 0.4) is 0 Å².